The van der Waals surface area contributed by atoms with E-state index in [0.717, 1.165) is 19.6 Å². The average molecular weight is 219 g/mol. The highest BCUT2D eigenvalue weighted by Crippen LogP contribution is 2.35. The summed E-state index contributed by atoms with van der Waals surface area (Å²) in [6.45, 7) is 7.80. The van der Waals surface area contributed by atoms with E-state index in [0.29, 0.717) is 12.5 Å². The first-order valence-electron chi connectivity index (χ1n) is 6.01. The molecule has 1 aromatic carbocycles. The summed E-state index contributed by atoms with van der Waals surface area (Å²) in [7, 11) is 0. The monoisotopic (exact) mass is 219 g/mol. The number of aliphatic hydroxyl groups excluding tert-OH is 1. The van der Waals surface area contributed by atoms with Crippen LogP contribution in [0.15, 0.2) is 30.3 Å². The second-order valence-electron chi connectivity index (χ2n) is 5.37. The molecular weight excluding hydrogens is 198 g/mol. The molecule has 1 fully saturated rings. The first-order chi connectivity index (χ1) is 7.64. The summed E-state index contributed by atoms with van der Waals surface area (Å²) in [5.74, 6) is 0.571. The van der Waals surface area contributed by atoms with Gasteiger partial charge in [0.15, 0.2) is 0 Å². The van der Waals surface area contributed by atoms with Gasteiger partial charge in [0.25, 0.3) is 0 Å². The van der Waals surface area contributed by atoms with Gasteiger partial charge < -0.3 is 5.11 Å². The standard InChI is InChI=1S/C14H21NO/c1-12-8-15(10-14(12,2)11-16)9-13-6-4-3-5-7-13/h3-7,12,16H,8-11H2,1-2H3/t12-,14-/m0/s1. The van der Waals surface area contributed by atoms with Crippen LogP contribution in [0.1, 0.15) is 19.4 Å². The van der Waals surface area contributed by atoms with Crippen molar-refractivity contribution in [3.63, 3.8) is 0 Å². The molecule has 0 aromatic heterocycles. The molecule has 0 unspecified atom stereocenters. The van der Waals surface area contributed by atoms with Crippen LogP contribution in [0.4, 0.5) is 0 Å². The Labute approximate surface area is 97.9 Å². The van der Waals surface area contributed by atoms with Crippen LogP contribution in [-0.4, -0.2) is 29.7 Å². The Kier molecular flexibility index (Phi) is 3.31. The molecule has 2 rings (SSSR count). The molecule has 88 valence electrons. The highest BCUT2D eigenvalue weighted by atomic mass is 16.3. The van der Waals surface area contributed by atoms with Crippen molar-refractivity contribution in [2.45, 2.75) is 20.4 Å². The lowest BCUT2D eigenvalue weighted by molar-refractivity contribution is 0.117. The molecule has 0 radical (unpaired) electrons. The Bertz CT molecular complexity index is 338. The van der Waals surface area contributed by atoms with Crippen molar-refractivity contribution in [3.8, 4) is 0 Å². The van der Waals surface area contributed by atoms with Gasteiger partial charge in [-0.15, -0.1) is 0 Å². The minimum Gasteiger partial charge on any atom is -0.396 e. The molecule has 0 bridgehead atoms. The number of rotatable bonds is 3. The van der Waals surface area contributed by atoms with Gasteiger partial charge >= 0.3 is 0 Å². The smallest absolute Gasteiger partial charge is 0.0500 e. The maximum absolute atomic E-state index is 9.45. The molecule has 0 aliphatic carbocycles. The fourth-order valence-electron chi connectivity index (χ4n) is 2.51. The van der Waals surface area contributed by atoms with Crippen molar-refractivity contribution in [2.75, 3.05) is 19.7 Å². The fourth-order valence-corrected chi connectivity index (χ4v) is 2.51. The number of hydrogen-bond acceptors (Lipinski definition) is 2. The van der Waals surface area contributed by atoms with Crippen molar-refractivity contribution in [2.24, 2.45) is 11.3 Å². The summed E-state index contributed by atoms with van der Waals surface area (Å²) in [5, 5.41) is 9.45. The normalized spacial score (nSPS) is 30.8. The maximum atomic E-state index is 9.45. The van der Waals surface area contributed by atoms with Gasteiger partial charge in [-0.05, 0) is 11.5 Å². The molecule has 0 saturated carbocycles. The first kappa shape index (κ1) is 11.6. The molecule has 0 amide bonds. The topological polar surface area (TPSA) is 23.5 Å². The van der Waals surface area contributed by atoms with E-state index in [1.807, 2.05) is 6.07 Å². The van der Waals surface area contributed by atoms with Gasteiger partial charge in [-0.2, -0.15) is 0 Å². The van der Waals surface area contributed by atoms with Crippen molar-refractivity contribution >= 4 is 0 Å². The number of aliphatic hydroxyl groups is 1. The molecule has 16 heavy (non-hydrogen) atoms. The summed E-state index contributed by atoms with van der Waals surface area (Å²) in [6.07, 6.45) is 0. The zero-order chi connectivity index (χ0) is 11.6. The number of hydrogen-bond donors (Lipinski definition) is 1. The Morgan fingerprint density at radius 2 is 2.06 bits per heavy atom. The highest BCUT2D eigenvalue weighted by Gasteiger charge is 2.39. The zero-order valence-corrected chi connectivity index (χ0v) is 10.2. The van der Waals surface area contributed by atoms with Crippen LogP contribution >= 0.6 is 0 Å². The minimum absolute atomic E-state index is 0.0782. The predicted molar refractivity (Wildman–Crippen MR) is 66.1 cm³/mol. The second kappa shape index (κ2) is 4.56. The number of likely N-dealkylation sites (tertiary alicyclic amines) is 1. The van der Waals surface area contributed by atoms with E-state index in [4.69, 9.17) is 0 Å². The number of nitrogens with zero attached hydrogens (tertiary/aromatic N) is 1. The summed E-state index contributed by atoms with van der Waals surface area (Å²) in [5.41, 5.74) is 1.44. The minimum atomic E-state index is 0.0782. The van der Waals surface area contributed by atoms with Crippen LogP contribution in [0.25, 0.3) is 0 Å². The fraction of sp³-hybridized carbons (Fsp3) is 0.571. The van der Waals surface area contributed by atoms with Gasteiger partial charge in [-0.3, -0.25) is 4.90 Å². The lowest BCUT2D eigenvalue weighted by Gasteiger charge is -2.25. The third kappa shape index (κ3) is 2.28. The van der Waals surface area contributed by atoms with Crippen molar-refractivity contribution in [1.29, 1.82) is 0 Å². The van der Waals surface area contributed by atoms with Crippen LogP contribution in [0, 0.1) is 11.3 Å². The molecule has 2 nitrogen and oxygen atoms in total. The van der Waals surface area contributed by atoms with Gasteiger partial charge in [0, 0.05) is 31.7 Å². The Morgan fingerprint density at radius 3 is 2.62 bits per heavy atom. The molecule has 0 spiro atoms. The highest BCUT2D eigenvalue weighted by molar-refractivity contribution is 5.15. The zero-order valence-electron chi connectivity index (χ0n) is 10.2. The summed E-state index contributed by atoms with van der Waals surface area (Å²) in [4.78, 5) is 2.44. The van der Waals surface area contributed by atoms with E-state index in [9.17, 15) is 5.11 Å². The molecular formula is C14H21NO. The number of benzene rings is 1. The lowest BCUT2D eigenvalue weighted by atomic mass is 9.82. The quantitative estimate of drug-likeness (QED) is 0.842. The van der Waals surface area contributed by atoms with Gasteiger partial charge in [0.2, 0.25) is 0 Å². The molecule has 1 N–H and O–H groups in total. The van der Waals surface area contributed by atoms with Gasteiger partial charge in [-0.1, -0.05) is 44.2 Å². The van der Waals surface area contributed by atoms with E-state index in [1.165, 1.54) is 5.56 Å². The van der Waals surface area contributed by atoms with E-state index >= 15 is 0 Å². The molecule has 1 aliphatic heterocycles. The molecule has 1 saturated heterocycles. The van der Waals surface area contributed by atoms with E-state index in [2.05, 4.69) is 43.0 Å². The maximum Gasteiger partial charge on any atom is 0.0500 e. The molecule has 1 aliphatic rings. The molecule has 1 heterocycles. The Morgan fingerprint density at radius 1 is 1.38 bits per heavy atom. The van der Waals surface area contributed by atoms with Gasteiger partial charge in [0.1, 0.15) is 0 Å². The SMILES string of the molecule is C[C@H]1CN(Cc2ccccc2)C[C@@]1(C)CO. The largest absolute Gasteiger partial charge is 0.396 e. The van der Waals surface area contributed by atoms with Crippen LogP contribution < -0.4 is 0 Å². The molecule has 2 heteroatoms. The third-order valence-corrected chi connectivity index (χ3v) is 3.92. The lowest BCUT2D eigenvalue weighted by Crippen LogP contribution is -2.30. The summed E-state index contributed by atoms with van der Waals surface area (Å²) >= 11 is 0. The Balaban J connectivity index is 1.99. The van der Waals surface area contributed by atoms with Gasteiger partial charge in [-0.25, -0.2) is 0 Å². The van der Waals surface area contributed by atoms with E-state index in [-0.39, 0.29) is 5.41 Å². The summed E-state index contributed by atoms with van der Waals surface area (Å²) in [6, 6.07) is 10.5. The van der Waals surface area contributed by atoms with Crippen molar-refractivity contribution in [3.05, 3.63) is 35.9 Å². The van der Waals surface area contributed by atoms with Crippen LogP contribution in [-0.2, 0) is 6.54 Å². The van der Waals surface area contributed by atoms with E-state index in [1.54, 1.807) is 0 Å². The molecule has 2 atom stereocenters. The third-order valence-electron chi connectivity index (χ3n) is 3.92. The van der Waals surface area contributed by atoms with Crippen LogP contribution in [0.2, 0.25) is 0 Å². The first-order valence-corrected chi connectivity index (χ1v) is 6.01. The molecule has 1 aromatic rings. The summed E-state index contributed by atoms with van der Waals surface area (Å²) < 4.78 is 0. The van der Waals surface area contributed by atoms with Crippen molar-refractivity contribution < 1.29 is 5.11 Å². The second-order valence-corrected chi connectivity index (χ2v) is 5.37. The van der Waals surface area contributed by atoms with Crippen molar-refractivity contribution in [1.82, 2.24) is 4.90 Å². The van der Waals surface area contributed by atoms with E-state index < -0.39 is 0 Å². The Hall–Kier alpha value is -0.860. The average Bonchev–Trinajstić information content (AvgIpc) is 2.56. The predicted octanol–water partition coefficient (Wildman–Crippen LogP) is 2.14. The van der Waals surface area contributed by atoms with Crippen LogP contribution in [0.5, 0.6) is 0 Å². The van der Waals surface area contributed by atoms with Crippen LogP contribution in [0.3, 0.4) is 0 Å². The van der Waals surface area contributed by atoms with Gasteiger partial charge in [0.05, 0.1) is 0 Å².